The van der Waals surface area contributed by atoms with Crippen LogP contribution < -0.4 is 10.0 Å². The van der Waals surface area contributed by atoms with Crippen molar-refractivity contribution in [2.45, 2.75) is 6.92 Å². The van der Waals surface area contributed by atoms with E-state index in [4.69, 9.17) is 0 Å². The number of hydrogen-bond acceptors (Lipinski definition) is 4. The number of benzene rings is 3. The van der Waals surface area contributed by atoms with Gasteiger partial charge in [-0.05, 0) is 43.3 Å². The number of carbonyl (C=O) groups excluding carboxylic acids is 1. The van der Waals surface area contributed by atoms with Crippen LogP contribution in [0.1, 0.15) is 6.92 Å². The highest BCUT2D eigenvalue weighted by molar-refractivity contribution is 6.23. The summed E-state index contributed by atoms with van der Waals surface area (Å²) < 4.78 is 0. The predicted octanol–water partition coefficient (Wildman–Crippen LogP) is 4.85. The lowest BCUT2D eigenvalue weighted by molar-refractivity contribution is -0.118. The minimum Gasteiger partial charge on any atom is -0.271 e. The van der Waals surface area contributed by atoms with Gasteiger partial charge in [0.05, 0.1) is 22.8 Å². The second-order valence-corrected chi connectivity index (χ2v) is 6.45. The molecule has 3 aromatic rings. The summed E-state index contributed by atoms with van der Waals surface area (Å²) in [5.41, 5.74) is 3.32. The van der Waals surface area contributed by atoms with Gasteiger partial charge in [-0.15, -0.1) is 0 Å². The fourth-order valence-electron chi connectivity index (χ4n) is 3.06. The fourth-order valence-corrected chi connectivity index (χ4v) is 3.06. The lowest BCUT2D eigenvalue weighted by atomic mass is 10.1. The van der Waals surface area contributed by atoms with Gasteiger partial charge in [0.25, 0.3) is 5.91 Å². The summed E-state index contributed by atoms with van der Waals surface area (Å²) in [5.74, 6) is -0.594. The number of amides is 1. The second-order valence-electron chi connectivity index (χ2n) is 6.45. The van der Waals surface area contributed by atoms with E-state index in [1.54, 1.807) is 6.21 Å². The Kier molecular flexibility index (Phi) is 4.97. The molecule has 0 spiro atoms. The van der Waals surface area contributed by atoms with Crippen molar-refractivity contribution in [3.63, 3.8) is 0 Å². The third-order valence-electron chi connectivity index (χ3n) is 4.52. The molecule has 0 fully saturated rings. The zero-order valence-electron chi connectivity index (χ0n) is 15.5. The van der Waals surface area contributed by atoms with E-state index in [2.05, 4.69) is 10.2 Å². The van der Waals surface area contributed by atoms with E-state index < -0.39 is 5.92 Å². The van der Waals surface area contributed by atoms with Crippen molar-refractivity contribution in [1.29, 1.82) is 0 Å². The average molecular weight is 368 g/mol. The molecule has 138 valence electrons. The summed E-state index contributed by atoms with van der Waals surface area (Å²) in [6.07, 6.45) is 1.67. The van der Waals surface area contributed by atoms with Gasteiger partial charge in [-0.1, -0.05) is 54.6 Å². The molecule has 1 aliphatic heterocycles. The SMILES string of the molecule is CC1=NN(c2ccccc2)C(=O)[C@H]1/C=N\N(c1ccccc1)c1ccccc1. The van der Waals surface area contributed by atoms with Gasteiger partial charge in [-0.3, -0.25) is 4.79 Å². The number of hydrogen-bond donors (Lipinski definition) is 0. The third kappa shape index (κ3) is 3.55. The predicted molar refractivity (Wildman–Crippen MR) is 114 cm³/mol. The highest BCUT2D eigenvalue weighted by atomic mass is 16.2. The molecular weight excluding hydrogens is 348 g/mol. The van der Waals surface area contributed by atoms with Gasteiger partial charge in [-0.2, -0.15) is 15.2 Å². The maximum Gasteiger partial charge on any atom is 0.261 e. The van der Waals surface area contributed by atoms with Gasteiger partial charge >= 0.3 is 0 Å². The summed E-state index contributed by atoms with van der Waals surface area (Å²) in [5, 5.41) is 12.4. The van der Waals surface area contributed by atoms with Crippen molar-refractivity contribution in [1.82, 2.24) is 0 Å². The first kappa shape index (κ1) is 17.7. The number of rotatable bonds is 5. The van der Waals surface area contributed by atoms with E-state index in [0.717, 1.165) is 22.8 Å². The number of anilines is 3. The first-order valence-corrected chi connectivity index (χ1v) is 9.12. The Balaban J connectivity index is 1.63. The summed E-state index contributed by atoms with van der Waals surface area (Å²) in [6, 6.07) is 29.2. The number of hydrazone groups is 2. The van der Waals surface area contributed by atoms with Crippen LogP contribution in [0.2, 0.25) is 0 Å². The zero-order chi connectivity index (χ0) is 19.3. The van der Waals surface area contributed by atoms with Crippen molar-refractivity contribution >= 4 is 34.9 Å². The van der Waals surface area contributed by atoms with Gasteiger partial charge in [0.1, 0.15) is 5.92 Å². The van der Waals surface area contributed by atoms with E-state index in [1.807, 2.05) is 103 Å². The van der Waals surface area contributed by atoms with Crippen LogP contribution in [0, 0.1) is 5.92 Å². The molecule has 0 N–H and O–H groups in total. The van der Waals surface area contributed by atoms with E-state index in [-0.39, 0.29) is 5.91 Å². The van der Waals surface area contributed by atoms with Crippen molar-refractivity contribution in [2.75, 3.05) is 10.0 Å². The van der Waals surface area contributed by atoms with Crippen LogP contribution in [0.15, 0.2) is 101 Å². The minimum absolute atomic E-state index is 0.103. The van der Waals surface area contributed by atoms with Crippen molar-refractivity contribution < 1.29 is 4.79 Å². The van der Waals surface area contributed by atoms with Crippen LogP contribution in [0.25, 0.3) is 0 Å². The molecule has 1 atom stereocenters. The number of carbonyl (C=O) groups is 1. The normalized spacial score (nSPS) is 16.5. The van der Waals surface area contributed by atoms with Crippen LogP contribution in [-0.4, -0.2) is 17.8 Å². The molecule has 0 saturated carbocycles. The van der Waals surface area contributed by atoms with Crippen molar-refractivity contribution in [3.8, 4) is 0 Å². The van der Waals surface area contributed by atoms with Gasteiger partial charge in [0.15, 0.2) is 0 Å². The number of nitrogens with zero attached hydrogens (tertiary/aromatic N) is 4. The summed E-state index contributed by atoms with van der Waals surface area (Å²) in [7, 11) is 0. The Labute approximate surface area is 164 Å². The smallest absolute Gasteiger partial charge is 0.261 e. The van der Waals surface area contributed by atoms with Gasteiger partial charge in [-0.25, -0.2) is 5.01 Å². The Hall–Kier alpha value is -3.73. The van der Waals surface area contributed by atoms with Crippen LogP contribution in [0.5, 0.6) is 0 Å². The first-order chi connectivity index (χ1) is 13.7. The highest BCUT2D eigenvalue weighted by Crippen LogP contribution is 2.27. The van der Waals surface area contributed by atoms with Crippen molar-refractivity contribution in [3.05, 3.63) is 91.0 Å². The molecule has 1 aliphatic rings. The molecule has 3 aromatic carbocycles. The maximum absolute atomic E-state index is 12.9. The standard InChI is InChI=1S/C23H20N4O/c1-18-22(23(28)27(25-18)21-15-9-4-10-16-21)17-24-26(19-11-5-2-6-12-19)20-13-7-3-8-14-20/h2-17,22H,1H3/b24-17-/t22-/m0/s1. The quantitative estimate of drug-likeness (QED) is 0.477. The van der Waals surface area contributed by atoms with E-state index in [9.17, 15) is 4.79 Å². The molecule has 0 unspecified atom stereocenters. The monoisotopic (exact) mass is 368 g/mol. The molecule has 0 bridgehead atoms. The van der Waals surface area contributed by atoms with Crippen LogP contribution in [0.3, 0.4) is 0 Å². The Morgan fingerprint density at radius 2 is 1.36 bits per heavy atom. The van der Waals surface area contributed by atoms with Crippen LogP contribution >= 0.6 is 0 Å². The lowest BCUT2D eigenvalue weighted by Gasteiger charge is -2.19. The Morgan fingerprint density at radius 1 is 0.857 bits per heavy atom. The molecule has 0 saturated heterocycles. The van der Waals surface area contributed by atoms with Gasteiger partial charge in [0, 0.05) is 6.21 Å². The molecular formula is C23H20N4O. The molecule has 4 rings (SSSR count). The Morgan fingerprint density at radius 3 is 1.89 bits per heavy atom. The summed E-state index contributed by atoms with van der Waals surface area (Å²) >= 11 is 0. The second kappa shape index (κ2) is 7.88. The number of para-hydroxylation sites is 3. The van der Waals surface area contributed by atoms with Crippen LogP contribution in [-0.2, 0) is 4.79 Å². The molecule has 1 heterocycles. The van der Waals surface area contributed by atoms with Crippen LogP contribution in [0.4, 0.5) is 17.1 Å². The van der Waals surface area contributed by atoms with Gasteiger partial charge in [0.2, 0.25) is 0 Å². The molecule has 0 aliphatic carbocycles. The summed E-state index contributed by atoms with van der Waals surface area (Å²) in [6.45, 7) is 1.85. The van der Waals surface area contributed by atoms with E-state index in [1.165, 1.54) is 5.01 Å². The maximum atomic E-state index is 12.9. The fraction of sp³-hybridized carbons (Fsp3) is 0.0870. The van der Waals surface area contributed by atoms with E-state index >= 15 is 0 Å². The molecule has 1 amide bonds. The Bertz CT molecular complexity index is 961. The molecule has 5 heteroatoms. The first-order valence-electron chi connectivity index (χ1n) is 9.12. The minimum atomic E-state index is -0.491. The zero-order valence-corrected chi connectivity index (χ0v) is 15.5. The highest BCUT2D eigenvalue weighted by Gasteiger charge is 2.33. The lowest BCUT2D eigenvalue weighted by Crippen LogP contribution is -2.28. The topological polar surface area (TPSA) is 48.3 Å². The van der Waals surface area contributed by atoms with Gasteiger partial charge < -0.3 is 0 Å². The summed E-state index contributed by atoms with van der Waals surface area (Å²) in [4.78, 5) is 12.9. The average Bonchev–Trinajstić information content (AvgIpc) is 3.04. The van der Waals surface area contributed by atoms with E-state index in [0.29, 0.717) is 0 Å². The largest absolute Gasteiger partial charge is 0.271 e. The molecule has 0 radical (unpaired) electrons. The third-order valence-corrected chi connectivity index (χ3v) is 4.52. The van der Waals surface area contributed by atoms with Crippen molar-refractivity contribution in [2.24, 2.45) is 16.1 Å². The molecule has 5 nitrogen and oxygen atoms in total. The molecule has 28 heavy (non-hydrogen) atoms. The molecule has 0 aromatic heterocycles.